The molecule has 1 atom stereocenters. The van der Waals surface area contributed by atoms with Gasteiger partial charge in [-0.2, -0.15) is 0 Å². The van der Waals surface area contributed by atoms with Crippen molar-refractivity contribution in [3.63, 3.8) is 0 Å². The van der Waals surface area contributed by atoms with E-state index in [1.165, 1.54) is 0 Å². The van der Waals surface area contributed by atoms with Gasteiger partial charge in [0.2, 0.25) is 0 Å². The Labute approximate surface area is 90.5 Å². The molecule has 0 heterocycles. The second-order valence-electron chi connectivity index (χ2n) is 4.70. The molecule has 3 nitrogen and oxygen atoms in total. The molecule has 0 N–H and O–H groups in total. The zero-order chi connectivity index (χ0) is 11.6. The first kappa shape index (κ1) is 11.7. The van der Waals surface area contributed by atoms with Crippen LogP contribution >= 0.6 is 0 Å². The van der Waals surface area contributed by atoms with E-state index in [0.29, 0.717) is 6.04 Å². The van der Waals surface area contributed by atoms with Gasteiger partial charge in [0, 0.05) is 5.56 Å². The number of carboxylic acids is 1. The minimum Gasteiger partial charge on any atom is -0.545 e. The quantitative estimate of drug-likeness (QED) is 0.688. The topological polar surface area (TPSA) is 40.1 Å². The maximum Gasteiger partial charge on any atom is 0.111 e. The molecule has 0 aliphatic rings. The van der Waals surface area contributed by atoms with Crippen molar-refractivity contribution in [1.82, 2.24) is 0 Å². The normalized spacial score (nSPS) is 13.6. The van der Waals surface area contributed by atoms with Crippen molar-refractivity contribution < 1.29 is 14.4 Å². The van der Waals surface area contributed by atoms with E-state index in [0.717, 1.165) is 10.0 Å². The summed E-state index contributed by atoms with van der Waals surface area (Å²) in [4.78, 5) is 10.6. The zero-order valence-electron chi connectivity index (χ0n) is 9.65. The third kappa shape index (κ3) is 2.80. The van der Waals surface area contributed by atoms with Crippen molar-refractivity contribution in [3.8, 4) is 0 Å². The average molecular weight is 207 g/mol. The molecular weight excluding hydrogens is 190 g/mol. The second-order valence-corrected chi connectivity index (χ2v) is 4.70. The van der Waals surface area contributed by atoms with Crippen molar-refractivity contribution in [1.29, 1.82) is 0 Å². The highest BCUT2D eigenvalue weighted by Gasteiger charge is 2.19. The first-order valence-corrected chi connectivity index (χ1v) is 4.95. The number of hydrogen-bond donors (Lipinski definition) is 0. The van der Waals surface area contributed by atoms with Gasteiger partial charge in [-0.1, -0.05) is 24.3 Å². The summed E-state index contributed by atoms with van der Waals surface area (Å²) < 4.78 is 0.810. The highest BCUT2D eigenvalue weighted by Crippen LogP contribution is 2.22. The van der Waals surface area contributed by atoms with Gasteiger partial charge in [-0.25, -0.2) is 0 Å². The van der Waals surface area contributed by atoms with E-state index in [1.807, 2.05) is 12.1 Å². The predicted molar refractivity (Wildman–Crippen MR) is 57.2 cm³/mol. The Morgan fingerprint density at radius 2 is 1.67 bits per heavy atom. The number of rotatable bonds is 3. The molecule has 0 amide bonds. The summed E-state index contributed by atoms with van der Waals surface area (Å²) in [5.74, 6) is -1.13. The third-order valence-corrected chi connectivity index (χ3v) is 2.79. The molecule has 1 aromatic carbocycles. The summed E-state index contributed by atoms with van der Waals surface area (Å²) in [5, 5.41) is 10.6. The van der Waals surface area contributed by atoms with Crippen LogP contribution in [0.5, 0.6) is 0 Å². The average Bonchev–Trinajstić information content (AvgIpc) is 2.15. The van der Waals surface area contributed by atoms with E-state index in [9.17, 15) is 9.90 Å². The van der Waals surface area contributed by atoms with Gasteiger partial charge < -0.3 is 14.4 Å². The second kappa shape index (κ2) is 4.03. The van der Waals surface area contributed by atoms with Gasteiger partial charge in [0.1, 0.15) is 6.04 Å². The molecule has 1 unspecified atom stereocenters. The van der Waals surface area contributed by atoms with Gasteiger partial charge in [-0.3, -0.25) is 0 Å². The lowest BCUT2D eigenvalue weighted by Crippen LogP contribution is -2.37. The van der Waals surface area contributed by atoms with Gasteiger partial charge in [-0.05, 0) is 12.5 Å². The Kier molecular flexibility index (Phi) is 3.15. The van der Waals surface area contributed by atoms with E-state index in [4.69, 9.17) is 0 Å². The lowest BCUT2D eigenvalue weighted by molar-refractivity contribution is -0.900. The van der Waals surface area contributed by atoms with Crippen LogP contribution in [0.25, 0.3) is 0 Å². The molecule has 0 saturated heterocycles. The summed E-state index contributed by atoms with van der Waals surface area (Å²) in [6.45, 7) is 2.12. The lowest BCUT2D eigenvalue weighted by Gasteiger charge is -2.31. The monoisotopic (exact) mass is 207 g/mol. The number of aromatic carboxylic acids is 1. The third-order valence-electron chi connectivity index (χ3n) is 2.79. The van der Waals surface area contributed by atoms with E-state index >= 15 is 0 Å². The van der Waals surface area contributed by atoms with E-state index in [1.54, 1.807) is 12.1 Å². The van der Waals surface area contributed by atoms with Crippen molar-refractivity contribution in [2.24, 2.45) is 0 Å². The minimum atomic E-state index is -1.13. The molecule has 0 aliphatic carbocycles. The lowest BCUT2D eigenvalue weighted by atomic mass is 10.0. The van der Waals surface area contributed by atoms with Crippen molar-refractivity contribution >= 4 is 5.97 Å². The molecule has 0 spiro atoms. The number of benzene rings is 1. The molecule has 3 heteroatoms. The Balaban J connectivity index is 2.94. The van der Waals surface area contributed by atoms with E-state index in [-0.39, 0.29) is 5.56 Å². The summed E-state index contributed by atoms with van der Waals surface area (Å²) in [6, 6.07) is 7.22. The fourth-order valence-electron chi connectivity index (χ4n) is 1.34. The van der Waals surface area contributed by atoms with Crippen LogP contribution in [0.1, 0.15) is 28.9 Å². The Morgan fingerprint density at radius 3 is 2.00 bits per heavy atom. The summed E-state index contributed by atoms with van der Waals surface area (Å²) >= 11 is 0. The van der Waals surface area contributed by atoms with Crippen LogP contribution in [-0.2, 0) is 0 Å². The van der Waals surface area contributed by atoms with Crippen molar-refractivity contribution in [2.75, 3.05) is 21.1 Å². The maximum atomic E-state index is 10.6. The minimum absolute atomic E-state index is 0.229. The molecule has 0 saturated carbocycles. The van der Waals surface area contributed by atoms with Gasteiger partial charge in [0.05, 0.1) is 27.1 Å². The number of hydrogen-bond acceptors (Lipinski definition) is 2. The Morgan fingerprint density at radius 1 is 1.20 bits per heavy atom. The SMILES string of the molecule is CC(c1ccc(C(=O)[O-])cc1)[N+](C)(C)C. The highest BCUT2D eigenvalue weighted by molar-refractivity contribution is 5.85. The molecule has 15 heavy (non-hydrogen) atoms. The van der Waals surface area contributed by atoms with Crippen LogP contribution in [0.15, 0.2) is 24.3 Å². The summed E-state index contributed by atoms with van der Waals surface area (Å²) in [7, 11) is 6.33. The molecule has 82 valence electrons. The fourth-order valence-corrected chi connectivity index (χ4v) is 1.34. The number of nitrogens with zero attached hydrogens (tertiary/aromatic N) is 1. The van der Waals surface area contributed by atoms with Crippen molar-refractivity contribution in [3.05, 3.63) is 35.4 Å². The van der Waals surface area contributed by atoms with Crippen LogP contribution in [-0.4, -0.2) is 31.6 Å². The smallest absolute Gasteiger partial charge is 0.111 e. The molecule has 0 aliphatic heterocycles. The molecule has 0 fully saturated rings. The molecular formula is C12H17NO2. The van der Waals surface area contributed by atoms with Crippen LogP contribution < -0.4 is 5.11 Å². The highest BCUT2D eigenvalue weighted by atomic mass is 16.4. The first-order valence-electron chi connectivity index (χ1n) is 4.95. The van der Waals surface area contributed by atoms with Gasteiger partial charge in [0.25, 0.3) is 0 Å². The van der Waals surface area contributed by atoms with Crippen LogP contribution in [0.2, 0.25) is 0 Å². The Bertz CT molecular complexity index is 349. The predicted octanol–water partition coefficient (Wildman–Crippen LogP) is 0.817. The molecule has 1 rings (SSSR count). The first-order chi connectivity index (χ1) is 6.82. The van der Waals surface area contributed by atoms with Crippen LogP contribution in [0.3, 0.4) is 0 Å². The molecule has 1 aromatic rings. The zero-order valence-corrected chi connectivity index (χ0v) is 9.65. The number of quaternary nitrogens is 1. The summed E-state index contributed by atoms with van der Waals surface area (Å²) in [6.07, 6.45) is 0. The van der Waals surface area contributed by atoms with E-state index < -0.39 is 5.97 Å². The Hall–Kier alpha value is -1.35. The van der Waals surface area contributed by atoms with Crippen LogP contribution in [0, 0.1) is 0 Å². The molecule has 0 bridgehead atoms. The number of carboxylic acid groups (broad SMARTS) is 1. The van der Waals surface area contributed by atoms with Gasteiger partial charge >= 0.3 is 0 Å². The summed E-state index contributed by atoms with van der Waals surface area (Å²) in [5.41, 5.74) is 1.36. The van der Waals surface area contributed by atoms with Gasteiger partial charge in [-0.15, -0.1) is 0 Å². The van der Waals surface area contributed by atoms with Crippen molar-refractivity contribution in [2.45, 2.75) is 13.0 Å². The number of carbonyl (C=O) groups is 1. The maximum absolute atomic E-state index is 10.6. The fraction of sp³-hybridized carbons (Fsp3) is 0.417. The molecule has 0 radical (unpaired) electrons. The largest absolute Gasteiger partial charge is 0.545 e. The standard InChI is InChI=1S/C12H17NO2/c1-9(13(2,3)4)10-5-7-11(8-6-10)12(14)15/h5-9H,1-4H3. The van der Waals surface area contributed by atoms with Gasteiger partial charge in [0.15, 0.2) is 0 Å². The number of carbonyl (C=O) groups excluding carboxylic acids is 1. The van der Waals surface area contributed by atoms with Crippen LogP contribution in [0.4, 0.5) is 0 Å². The van der Waals surface area contributed by atoms with E-state index in [2.05, 4.69) is 28.1 Å². The molecule has 0 aromatic heterocycles.